The maximum absolute atomic E-state index is 13.1. The number of amides is 1. The van der Waals surface area contributed by atoms with Crippen molar-refractivity contribution < 1.29 is 22.3 Å². The van der Waals surface area contributed by atoms with E-state index in [0.29, 0.717) is 15.8 Å². The number of halogens is 1. The predicted molar refractivity (Wildman–Crippen MR) is 118 cm³/mol. The van der Waals surface area contributed by atoms with Crippen LogP contribution >= 0.6 is 11.3 Å². The highest BCUT2D eigenvalue weighted by molar-refractivity contribution is 7.92. The summed E-state index contributed by atoms with van der Waals surface area (Å²) in [6, 6.07) is 12.5. The average molecular weight is 465 g/mol. The lowest BCUT2D eigenvalue weighted by molar-refractivity contribution is -0.116. The van der Waals surface area contributed by atoms with E-state index in [0.717, 1.165) is 21.9 Å². The van der Waals surface area contributed by atoms with E-state index in [1.807, 2.05) is 24.3 Å². The summed E-state index contributed by atoms with van der Waals surface area (Å²) in [7, 11) is -1.98. The Morgan fingerprint density at radius 1 is 1.13 bits per heavy atom. The van der Waals surface area contributed by atoms with Crippen LogP contribution in [0.15, 0.2) is 48.5 Å². The Bertz CT molecular complexity index is 1130. The fourth-order valence-corrected chi connectivity index (χ4v) is 4.51. The number of carbonyl (C=O) groups excluding carboxylic acids is 1. The zero-order valence-corrected chi connectivity index (χ0v) is 18.5. The second-order valence-electron chi connectivity index (χ2n) is 6.60. The molecule has 2 aromatic carbocycles. The van der Waals surface area contributed by atoms with Crippen molar-refractivity contribution in [1.82, 2.24) is 10.2 Å². The summed E-state index contributed by atoms with van der Waals surface area (Å²) in [6.45, 7) is 0.0884. The van der Waals surface area contributed by atoms with Gasteiger partial charge in [0, 0.05) is 18.5 Å². The molecule has 1 amide bonds. The van der Waals surface area contributed by atoms with Crippen molar-refractivity contribution in [3.8, 4) is 16.3 Å². The number of nitrogens with zero attached hydrogens (tertiary/aromatic N) is 3. The lowest BCUT2D eigenvalue weighted by Crippen LogP contribution is -2.31. The molecule has 0 aliphatic rings. The number of benzene rings is 2. The van der Waals surface area contributed by atoms with Gasteiger partial charge in [-0.25, -0.2) is 12.8 Å². The van der Waals surface area contributed by atoms with E-state index in [2.05, 4.69) is 15.5 Å². The number of aromatic nitrogens is 2. The third-order valence-corrected chi connectivity index (χ3v) is 6.37. The van der Waals surface area contributed by atoms with E-state index >= 15 is 0 Å². The molecule has 0 saturated carbocycles. The van der Waals surface area contributed by atoms with E-state index in [9.17, 15) is 17.6 Å². The molecule has 0 spiro atoms. The average Bonchev–Trinajstić information content (AvgIpc) is 3.19. The van der Waals surface area contributed by atoms with Crippen LogP contribution in [-0.2, 0) is 14.8 Å². The van der Waals surface area contributed by atoms with Gasteiger partial charge in [0.1, 0.15) is 16.6 Å². The summed E-state index contributed by atoms with van der Waals surface area (Å²) in [5.74, 6) is -0.0294. The Morgan fingerprint density at radius 3 is 2.42 bits per heavy atom. The van der Waals surface area contributed by atoms with Crippen molar-refractivity contribution in [2.45, 2.75) is 12.8 Å². The van der Waals surface area contributed by atoms with Gasteiger partial charge < -0.3 is 10.1 Å². The molecule has 0 atom stereocenters. The van der Waals surface area contributed by atoms with Crippen LogP contribution in [0.5, 0.6) is 5.75 Å². The summed E-state index contributed by atoms with van der Waals surface area (Å²) in [5.41, 5.74) is 1.19. The van der Waals surface area contributed by atoms with E-state index in [1.54, 1.807) is 7.11 Å². The number of nitrogens with one attached hydrogen (secondary N) is 1. The van der Waals surface area contributed by atoms with Crippen LogP contribution < -0.4 is 14.4 Å². The lowest BCUT2D eigenvalue weighted by Gasteiger charge is -2.22. The molecule has 0 unspecified atom stereocenters. The van der Waals surface area contributed by atoms with Crippen molar-refractivity contribution >= 4 is 38.1 Å². The minimum absolute atomic E-state index is 0.0880. The first-order valence-corrected chi connectivity index (χ1v) is 11.9. The Balaban J connectivity index is 1.56. The van der Waals surface area contributed by atoms with E-state index in [4.69, 9.17) is 4.74 Å². The third kappa shape index (κ3) is 6.22. The molecule has 0 radical (unpaired) electrons. The number of carbonyl (C=O) groups is 1. The standard InChI is InChI=1S/C20H21FN4O4S2/c1-29-17-11-5-14(6-12-17)19-23-24-20(30-19)22-18(26)4-3-13-25(31(2,27)28)16-9-7-15(21)8-10-16/h5-12H,3-4,13H2,1-2H3,(H,22,24,26). The molecule has 3 rings (SSSR count). The molecule has 0 bridgehead atoms. The van der Waals surface area contributed by atoms with Crippen molar-refractivity contribution in [1.29, 1.82) is 0 Å². The molecule has 1 heterocycles. The molecular formula is C20H21FN4O4S2. The fourth-order valence-electron chi connectivity index (χ4n) is 2.78. The maximum Gasteiger partial charge on any atom is 0.232 e. The highest BCUT2D eigenvalue weighted by Gasteiger charge is 2.18. The largest absolute Gasteiger partial charge is 0.497 e. The molecule has 3 aromatic rings. The minimum Gasteiger partial charge on any atom is -0.497 e. The van der Waals surface area contributed by atoms with Crippen molar-refractivity contribution in [2.24, 2.45) is 0 Å². The first-order valence-electron chi connectivity index (χ1n) is 9.27. The van der Waals surface area contributed by atoms with Gasteiger partial charge in [-0.2, -0.15) is 0 Å². The van der Waals surface area contributed by atoms with Gasteiger partial charge in [-0.15, -0.1) is 10.2 Å². The molecule has 1 aromatic heterocycles. The van der Waals surface area contributed by atoms with Crippen LogP contribution in [0.2, 0.25) is 0 Å². The van der Waals surface area contributed by atoms with Crippen LogP contribution in [-0.4, -0.2) is 44.4 Å². The normalized spacial score (nSPS) is 11.2. The van der Waals surface area contributed by atoms with Crippen LogP contribution in [0.4, 0.5) is 15.2 Å². The SMILES string of the molecule is COc1ccc(-c2nnc(NC(=O)CCCN(c3ccc(F)cc3)S(C)(=O)=O)s2)cc1. The first-order chi connectivity index (χ1) is 14.8. The van der Waals surface area contributed by atoms with Gasteiger partial charge in [0.25, 0.3) is 0 Å². The van der Waals surface area contributed by atoms with Gasteiger partial charge in [0.15, 0.2) is 0 Å². The Kier molecular flexibility index (Phi) is 7.18. The van der Waals surface area contributed by atoms with Crippen LogP contribution in [0.1, 0.15) is 12.8 Å². The maximum atomic E-state index is 13.1. The summed E-state index contributed by atoms with van der Waals surface area (Å²) >= 11 is 1.23. The van der Waals surface area contributed by atoms with Crippen LogP contribution in [0, 0.1) is 5.82 Å². The molecule has 11 heteroatoms. The zero-order valence-electron chi connectivity index (χ0n) is 16.9. The number of sulfonamides is 1. The van der Waals surface area contributed by atoms with Gasteiger partial charge in [-0.3, -0.25) is 9.10 Å². The molecule has 0 aliphatic carbocycles. The van der Waals surface area contributed by atoms with E-state index < -0.39 is 15.8 Å². The van der Waals surface area contributed by atoms with Crippen molar-refractivity contribution in [2.75, 3.05) is 29.5 Å². The summed E-state index contributed by atoms with van der Waals surface area (Å²) in [6.07, 6.45) is 1.43. The number of rotatable bonds is 9. The minimum atomic E-state index is -3.57. The molecule has 0 aliphatic heterocycles. The molecule has 164 valence electrons. The second-order valence-corrected chi connectivity index (χ2v) is 9.49. The Labute approximate surface area is 183 Å². The smallest absolute Gasteiger partial charge is 0.232 e. The monoisotopic (exact) mass is 464 g/mol. The number of ether oxygens (including phenoxy) is 1. The topological polar surface area (TPSA) is 101 Å². The molecule has 0 saturated heterocycles. The predicted octanol–water partition coefficient (Wildman–Crippen LogP) is 3.54. The van der Waals surface area contributed by atoms with E-state index in [1.165, 1.54) is 35.6 Å². The Hall–Kier alpha value is -3.05. The molecule has 0 fully saturated rings. The van der Waals surface area contributed by atoms with Gasteiger partial charge in [-0.1, -0.05) is 11.3 Å². The van der Waals surface area contributed by atoms with Gasteiger partial charge in [0.05, 0.1) is 19.1 Å². The molecule has 1 N–H and O–H groups in total. The second kappa shape index (κ2) is 9.84. The number of hydrogen-bond donors (Lipinski definition) is 1. The first kappa shape index (κ1) is 22.6. The molecule has 31 heavy (non-hydrogen) atoms. The van der Waals surface area contributed by atoms with Crippen molar-refractivity contribution in [3.05, 3.63) is 54.3 Å². The summed E-state index contributed by atoms with van der Waals surface area (Å²) in [4.78, 5) is 12.2. The van der Waals surface area contributed by atoms with Gasteiger partial charge >= 0.3 is 0 Å². The number of hydrogen-bond acceptors (Lipinski definition) is 7. The van der Waals surface area contributed by atoms with Gasteiger partial charge in [0.2, 0.25) is 21.1 Å². The van der Waals surface area contributed by atoms with Crippen molar-refractivity contribution in [3.63, 3.8) is 0 Å². The van der Waals surface area contributed by atoms with E-state index in [-0.39, 0.29) is 25.3 Å². The third-order valence-electron chi connectivity index (χ3n) is 4.29. The van der Waals surface area contributed by atoms with Crippen LogP contribution in [0.25, 0.3) is 10.6 Å². The highest BCUT2D eigenvalue weighted by Crippen LogP contribution is 2.28. The fraction of sp³-hybridized carbons (Fsp3) is 0.250. The molecular weight excluding hydrogens is 443 g/mol. The molecule has 8 nitrogen and oxygen atoms in total. The Morgan fingerprint density at radius 2 is 1.81 bits per heavy atom. The lowest BCUT2D eigenvalue weighted by atomic mass is 10.2. The number of methoxy groups -OCH3 is 1. The number of anilines is 2. The summed E-state index contributed by atoms with van der Waals surface area (Å²) < 4.78 is 43.5. The van der Waals surface area contributed by atoms with Gasteiger partial charge in [-0.05, 0) is 55.0 Å². The van der Waals surface area contributed by atoms with Crippen LogP contribution in [0.3, 0.4) is 0 Å². The highest BCUT2D eigenvalue weighted by atomic mass is 32.2. The zero-order chi connectivity index (χ0) is 22.4. The quantitative estimate of drug-likeness (QED) is 0.520. The summed E-state index contributed by atoms with van der Waals surface area (Å²) in [5, 5.41) is 11.7.